The molecule has 15 heavy (non-hydrogen) atoms. The third kappa shape index (κ3) is 1.95. The van der Waals surface area contributed by atoms with Crippen LogP contribution < -0.4 is 5.73 Å². The monoisotopic (exact) mass is 225 g/mol. The van der Waals surface area contributed by atoms with Crippen molar-refractivity contribution in [2.75, 3.05) is 0 Å². The van der Waals surface area contributed by atoms with Crippen molar-refractivity contribution in [3.8, 4) is 0 Å². The van der Waals surface area contributed by atoms with Crippen molar-refractivity contribution in [2.45, 2.75) is 12.5 Å². The van der Waals surface area contributed by atoms with Crippen LogP contribution >= 0.6 is 11.6 Å². The molecule has 0 aliphatic heterocycles. The summed E-state index contributed by atoms with van der Waals surface area (Å²) in [5.41, 5.74) is 6.06. The van der Waals surface area contributed by atoms with E-state index in [1.165, 1.54) is 4.52 Å². The molecule has 0 saturated carbocycles. The van der Waals surface area contributed by atoms with Crippen LogP contribution in [0, 0.1) is 0 Å². The maximum Gasteiger partial charge on any atom is 0.178 e. The lowest BCUT2D eigenvalue weighted by molar-refractivity contribution is -0.108. The molecular weight excluding hydrogens is 218 g/mol. The SMILES string of the molecule is NC(C=O)Cc1nnc2ccc(Cl)nn12. The molecule has 2 aromatic rings. The second-order valence-corrected chi connectivity index (χ2v) is 3.43. The van der Waals surface area contributed by atoms with Crippen molar-refractivity contribution in [3.63, 3.8) is 0 Å². The van der Waals surface area contributed by atoms with E-state index in [4.69, 9.17) is 17.3 Å². The first-order chi connectivity index (χ1) is 7.20. The van der Waals surface area contributed by atoms with E-state index in [1.54, 1.807) is 12.1 Å². The Morgan fingerprint density at radius 2 is 2.33 bits per heavy atom. The summed E-state index contributed by atoms with van der Waals surface area (Å²) in [7, 11) is 0. The van der Waals surface area contributed by atoms with Crippen molar-refractivity contribution in [3.05, 3.63) is 23.1 Å². The zero-order valence-electron chi connectivity index (χ0n) is 7.67. The van der Waals surface area contributed by atoms with Gasteiger partial charge in [0.2, 0.25) is 0 Å². The molecule has 0 amide bonds. The van der Waals surface area contributed by atoms with Crippen LogP contribution in [0.1, 0.15) is 5.82 Å². The molecule has 6 nitrogen and oxygen atoms in total. The summed E-state index contributed by atoms with van der Waals surface area (Å²) in [5, 5.41) is 12.1. The molecule has 1 atom stereocenters. The molecule has 0 fully saturated rings. The first-order valence-electron chi connectivity index (χ1n) is 4.28. The van der Waals surface area contributed by atoms with Crippen molar-refractivity contribution in [1.29, 1.82) is 0 Å². The fourth-order valence-electron chi connectivity index (χ4n) is 1.20. The lowest BCUT2D eigenvalue weighted by atomic mass is 10.2. The molecule has 2 rings (SSSR count). The molecular formula is C8H8ClN5O. The average molecular weight is 226 g/mol. The lowest BCUT2D eigenvalue weighted by Crippen LogP contribution is -2.25. The highest BCUT2D eigenvalue weighted by Crippen LogP contribution is 2.07. The summed E-state index contributed by atoms with van der Waals surface area (Å²) in [4.78, 5) is 10.4. The zero-order chi connectivity index (χ0) is 10.8. The highest BCUT2D eigenvalue weighted by molar-refractivity contribution is 6.29. The van der Waals surface area contributed by atoms with E-state index in [9.17, 15) is 4.79 Å². The number of aldehydes is 1. The third-order valence-electron chi connectivity index (χ3n) is 1.89. The summed E-state index contributed by atoms with van der Waals surface area (Å²) in [6.45, 7) is 0. The Hall–Kier alpha value is -1.53. The predicted molar refractivity (Wildman–Crippen MR) is 53.5 cm³/mol. The van der Waals surface area contributed by atoms with E-state index in [2.05, 4.69) is 15.3 Å². The minimum atomic E-state index is -0.599. The van der Waals surface area contributed by atoms with Gasteiger partial charge in [-0.1, -0.05) is 11.6 Å². The highest BCUT2D eigenvalue weighted by atomic mass is 35.5. The molecule has 0 aliphatic rings. The van der Waals surface area contributed by atoms with Crippen LogP contribution in [-0.2, 0) is 11.2 Å². The average Bonchev–Trinajstić information content (AvgIpc) is 2.61. The molecule has 1 unspecified atom stereocenters. The summed E-state index contributed by atoms with van der Waals surface area (Å²) >= 11 is 5.73. The van der Waals surface area contributed by atoms with Crippen LogP contribution in [0.3, 0.4) is 0 Å². The Morgan fingerprint density at radius 3 is 3.07 bits per heavy atom. The summed E-state index contributed by atoms with van der Waals surface area (Å²) in [5.74, 6) is 0.520. The third-order valence-corrected chi connectivity index (χ3v) is 2.09. The normalized spacial score (nSPS) is 12.9. The molecule has 2 N–H and O–H groups in total. The van der Waals surface area contributed by atoms with E-state index in [0.29, 0.717) is 22.9 Å². The van der Waals surface area contributed by atoms with Gasteiger partial charge >= 0.3 is 0 Å². The van der Waals surface area contributed by atoms with E-state index >= 15 is 0 Å². The Kier molecular flexibility index (Phi) is 2.61. The minimum absolute atomic E-state index is 0.290. The van der Waals surface area contributed by atoms with Gasteiger partial charge in [0, 0.05) is 6.42 Å². The van der Waals surface area contributed by atoms with E-state index in [1.807, 2.05) is 0 Å². The second-order valence-electron chi connectivity index (χ2n) is 3.05. The molecule has 78 valence electrons. The van der Waals surface area contributed by atoms with E-state index in [-0.39, 0.29) is 6.42 Å². The number of carbonyl (C=O) groups excluding carboxylic acids is 1. The van der Waals surface area contributed by atoms with Gasteiger partial charge in [0.1, 0.15) is 11.4 Å². The number of halogens is 1. The maximum absolute atomic E-state index is 10.4. The van der Waals surface area contributed by atoms with E-state index in [0.717, 1.165) is 0 Å². The van der Waals surface area contributed by atoms with Crippen molar-refractivity contribution < 1.29 is 4.79 Å². The largest absolute Gasteiger partial charge is 0.321 e. The predicted octanol–water partition coefficient (Wildman–Crippen LogP) is -0.154. The molecule has 0 saturated heterocycles. The first kappa shape index (κ1) is 10.0. The second kappa shape index (κ2) is 3.92. The van der Waals surface area contributed by atoms with Gasteiger partial charge in [-0.3, -0.25) is 0 Å². The van der Waals surface area contributed by atoms with E-state index < -0.39 is 6.04 Å². The lowest BCUT2D eigenvalue weighted by Gasteiger charge is -2.00. The molecule has 0 aliphatic carbocycles. The molecule has 2 heterocycles. The standard InChI is InChI=1S/C8H8ClN5O/c9-6-1-2-7-11-12-8(14(7)13-6)3-5(10)4-15/h1-2,4-5H,3,10H2. The molecule has 0 aromatic carbocycles. The molecule has 0 radical (unpaired) electrons. The van der Waals surface area contributed by atoms with Crippen LogP contribution in [0.25, 0.3) is 5.65 Å². The smallest absolute Gasteiger partial charge is 0.178 e. The van der Waals surface area contributed by atoms with Gasteiger partial charge in [0.25, 0.3) is 0 Å². The van der Waals surface area contributed by atoms with Crippen LogP contribution in [-0.4, -0.2) is 32.1 Å². The number of aromatic nitrogens is 4. The summed E-state index contributed by atoms with van der Waals surface area (Å²) in [6, 6.07) is 2.71. The van der Waals surface area contributed by atoms with Crippen LogP contribution in [0.15, 0.2) is 12.1 Å². The highest BCUT2D eigenvalue weighted by Gasteiger charge is 2.10. The zero-order valence-corrected chi connectivity index (χ0v) is 8.42. The molecule has 0 spiro atoms. The van der Waals surface area contributed by atoms with Gasteiger partial charge < -0.3 is 10.5 Å². The summed E-state index contributed by atoms with van der Waals surface area (Å²) in [6.07, 6.45) is 0.948. The number of carbonyl (C=O) groups is 1. The summed E-state index contributed by atoms with van der Waals surface area (Å²) < 4.78 is 1.48. The quantitative estimate of drug-likeness (QED) is 0.734. The number of nitrogens with two attached hydrogens (primary N) is 1. The maximum atomic E-state index is 10.4. The van der Waals surface area contributed by atoms with Crippen molar-refractivity contribution >= 4 is 23.5 Å². The Bertz CT molecular complexity index is 497. The van der Waals surface area contributed by atoms with Gasteiger partial charge in [-0.15, -0.1) is 10.2 Å². The fraction of sp³-hybridized carbons (Fsp3) is 0.250. The number of rotatable bonds is 3. The Labute approximate surface area is 90.0 Å². The first-order valence-corrected chi connectivity index (χ1v) is 4.66. The minimum Gasteiger partial charge on any atom is -0.321 e. The number of hydrogen-bond donors (Lipinski definition) is 1. The molecule has 0 bridgehead atoms. The Balaban J connectivity index is 2.43. The Morgan fingerprint density at radius 1 is 1.53 bits per heavy atom. The number of nitrogens with zero attached hydrogens (tertiary/aromatic N) is 4. The molecule has 2 aromatic heterocycles. The van der Waals surface area contributed by atoms with Gasteiger partial charge in [0.05, 0.1) is 6.04 Å². The van der Waals surface area contributed by atoms with Crippen LogP contribution in [0.2, 0.25) is 5.15 Å². The topological polar surface area (TPSA) is 86.2 Å². The number of hydrogen-bond acceptors (Lipinski definition) is 5. The molecule has 7 heteroatoms. The van der Waals surface area contributed by atoms with Crippen molar-refractivity contribution in [1.82, 2.24) is 19.8 Å². The van der Waals surface area contributed by atoms with Crippen molar-refractivity contribution in [2.24, 2.45) is 5.73 Å². The van der Waals surface area contributed by atoms with Gasteiger partial charge in [0.15, 0.2) is 11.5 Å². The van der Waals surface area contributed by atoms with Crippen LogP contribution in [0.5, 0.6) is 0 Å². The van der Waals surface area contributed by atoms with Gasteiger partial charge in [-0.2, -0.15) is 9.61 Å². The van der Waals surface area contributed by atoms with Gasteiger partial charge in [-0.05, 0) is 12.1 Å². The van der Waals surface area contributed by atoms with Gasteiger partial charge in [-0.25, -0.2) is 0 Å². The van der Waals surface area contributed by atoms with Crippen LogP contribution in [0.4, 0.5) is 0 Å². The number of fused-ring (bicyclic) bond motifs is 1. The fourth-order valence-corrected chi connectivity index (χ4v) is 1.34.